The maximum absolute atomic E-state index is 6.12. The van der Waals surface area contributed by atoms with Crippen LogP contribution >= 0.6 is 0 Å². The zero-order valence-corrected chi connectivity index (χ0v) is 10.7. The van der Waals surface area contributed by atoms with E-state index in [9.17, 15) is 0 Å². The highest BCUT2D eigenvalue weighted by molar-refractivity contribution is 5.12. The minimum atomic E-state index is 0.393. The van der Waals surface area contributed by atoms with Gasteiger partial charge in [-0.3, -0.25) is 4.68 Å². The summed E-state index contributed by atoms with van der Waals surface area (Å²) in [6.45, 7) is 3.94. The van der Waals surface area contributed by atoms with Crippen LogP contribution in [-0.4, -0.2) is 16.3 Å². The van der Waals surface area contributed by atoms with Gasteiger partial charge >= 0.3 is 0 Å². The molecule has 17 heavy (non-hydrogen) atoms. The minimum absolute atomic E-state index is 0.393. The predicted molar refractivity (Wildman–Crippen MR) is 68.5 cm³/mol. The molecule has 1 aromatic rings. The fourth-order valence-corrected chi connectivity index (χ4v) is 4.17. The fourth-order valence-electron chi connectivity index (χ4n) is 4.17. The lowest BCUT2D eigenvalue weighted by molar-refractivity contribution is 0.171. The molecule has 0 radical (unpaired) electrons. The van der Waals surface area contributed by atoms with Gasteiger partial charge in [0.2, 0.25) is 0 Å². The van der Waals surface area contributed by atoms with Gasteiger partial charge in [0.1, 0.15) is 0 Å². The topological polar surface area (TPSA) is 43.8 Å². The van der Waals surface area contributed by atoms with Crippen molar-refractivity contribution in [2.75, 3.05) is 6.54 Å². The molecule has 3 heteroatoms. The van der Waals surface area contributed by atoms with Crippen LogP contribution in [0.1, 0.15) is 38.2 Å². The molecule has 0 saturated heterocycles. The third kappa shape index (κ3) is 1.81. The Bertz CT molecular complexity index is 398. The third-order valence-corrected chi connectivity index (χ3v) is 5.08. The summed E-state index contributed by atoms with van der Waals surface area (Å²) >= 11 is 0. The van der Waals surface area contributed by atoms with Crippen LogP contribution in [0.5, 0.6) is 0 Å². The molecule has 1 aromatic heterocycles. The average Bonchev–Trinajstić information content (AvgIpc) is 3.04. The zero-order valence-electron chi connectivity index (χ0n) is 10.7. The van der Waals surface area contributed by atoms with Crippen LogP contribution in [0.15, 0.2) is 12.4 Å². The lowest BCUT2D eigenvalue weighted by Crippen LogP contribution is -2.37. The summed E-state index contributed by atoms with van der Waals surface area (Å²) in [5, 5.41) is 4.38. The molecule has 2 bridgehead atoms. The summed E-state index contributed by atoms with van der Waals surface area (Å²) < 4.78 is 2.02. The molecule has 1 heterocycles. The molecule has 2 aliphatic rings. The average molecular weight is 233 g/mol. The molecular formula is C14H23N3. The van der Waals surface area contributed by atoms with Crippen molar-refractivity contribution in [3.8, 4) is 0 Å². The van der Waals surface area contributed by atoms with Gasteiger partial charge in [0.15, 0.2) is 0 Å². The Morgan fingerprint density at radius 3 is 2.94 bits per heavy atom. The van der Waals surface area contributed by atoms with Crippen molar-refractivity contribution in [2.45, 2.75) is 45.6 Å². The molecular weight excluding hydrogens is 210 g/mol. The summed E-state index contributed by atoms with van der Waals surface area (Å²) in [6, 6.07) is 0. The lowest BCUT2D eigenvalue weighted by atomic mass is 9.70. The Kier molecular flexibility index (Phi) is 2.74. The van der Waals surface area contributed by atoms with E-state index in [-0.39, 0.29) is 0 Å². The van der Waals surface area contributed by atoms with Crippen LogP contribution in [0.4, 0.5) is 0 Å². The minimum Gasteiger partial charge on any atom is -0.330 e. The number of aryl methyl sites for hydroxylation is 1. The molecule has 2 aliphatic carbocycles. The normalized spacial score (nSPS) is 35.6. The van der Waals surface area contributed by atoms with E-state index in [2.05, 4.69) is 18.2 Å². The van der Waals surface area contributed by atoms with Crippen molar-refractivity contribution in [1.29, 1.82) is 0 Å². The van der Waals surface area contributed by atoms with Crippen molar-refractivity contribution < 1.29 is 0 Å². The molecule has 3 nitrogen and oxygen atoms in total. The Morgan fingerprint density at radius 1 is 1.53 bits per heavy atom. The highest BCUT2D eigenvalue weighted by atomic mass is 15.3. The standard InChI is InChI=1S/C14H23N3/c1-2-17-9-12(8-16-17)7-14(10-15)6-11-3-4-13(14)5-11/h8-9,11,13H,2-7,10,15H2,1H3. The number of hydrogen-bond donors (Lipinski definition) is 1. The van der Waals surface area contributed by atoms with Gasteiger partial charge in [0.25, 0.3) is 0 Å². The summed E-state index contributed by atoms with van der Waals surface area (Å²) in [5.74, 6) is 1.84. The molecule has 2 N–H and O–H groups in total. The van der Waals surface area contributed by atoms with E-state index in [0.717, 1.165) is 31.3 Å². The third-order valence-electron chi connectivity index (χ3n) is 5.08. The largest absolute Gasteiger partial charge is 0.330 e. The van der Waals surface area contributed by atoms with Gasteiger partial charge < -0.3 is 5.73 Å². The predicted octanol–water partition coefficient (Wildman–Crippen LogP) is 2.21. The number of aromatic nitrogens is 2. The van der Waals surface area contributed by atoms with Crippen LogP contribution in [0.3, 0.4) is 0 Å². The van der Waals surface area contributed by atoms with Gasteiger partial charge in [-0.1, -0.05) is 6.42 Å². The van der Waals surface area contributed by atoms with E-state index in [1.165, 1.54) is 31.2 Å². The highest BCUT2D eigenvalue weighted by Crippen LogP contribution is 2.56. The molecule has 2 saturated carbocycles. The van der Waals surface area contributed by atoms with Crippen molar-refractivity contribution in [3.05, 3.63) is 18.0 Å². The number of fused-ring (bicyclic) bond motifs is 2. The van der Waals surface area contributed by atoms with Crippen molar-refractivity contribution >= 4 is 0 Å². The first-order valence-corrected chi connectivity index (χ1v) is 6.97. The number of nitrogens with two attached hydrogens (primary N) is 1. The first-order valence-electron chi connectivity index (χ1n) is 6.97. The second kappa shape index (κ2) is 4.13. The van der Waals surface area contributed by atoms with Crippen LogP contribution in [0.2, 0.25) is 0 Å². The smallest absolute Gasteiger partial charge is 0.0521 e. The molecule has 3 rings (SSSR count). The maximum atomic E-state index is 6.12. The second-order valence-electron chi connectivity index (χ2n) is 6.03. The number of hydrogen-bond acceptors (Lipinski definition) is 2. The Labute approximate surface area is 103 Å². The molecule has 2 fully saturated rings. The molecule has 0 spiro atoms. The van der Waals surface area contributed by atoms with Crippen molar-refractivity contribution in [3.63, 3.8) is 0 Å². The van der Waals surface area contributed by atoms with Crippen LogP contribution in [0.25, 0.3) is 0 Å². The van der Waals surface area contributed by atoms with Crippen molar-refractivity contribution in [1.82, 2.24) is 9.78 Å². The SMILES string of the molecule is CCn1cc(CC2(CN)CC3CCC2C3)cn1. The van der Waals surface area contributed by atoms with Crippen LogP contribution < -0.4 is 5.73 Å². The Hall–Kier alpha value is -0.830. The molecule has 3 atom stereocenters. The first-order chi connectivity index (χ1) is 8.25. The molecule has 94 valence electrons. The van der Waals surface area contributed by atoms with Gasteiger partial charge in [-0.25, -0.2) is 0 Å². The van der Waals surface area contributed by atoms with Gasteiger partial charge in [-0.05, 0) is 62.0 Å². The van der Waals surface area contributed by atoms with E-state index in [1.807, 2.05) is 10.9 Å². The van der Waals surface area contributed by atoms with Gasteiger partial charge in [0, 0.05) is 12.7 Å². The monoisotopic (exact) mass is 233 g/mol. The van der Waals surface area contributed by atoms with Gasteiger partial charge in [-0.2, -0.15) is 5.10 Å². The van der Waals surface area contributed by atoms with E-state index < -0.39 is 0 Å². The van der Waals surface area contributed by atoms with E-state index in [0.29, 0.717) is 5.41 Å². The second-order valence-corrected chi connectivity index (χ2v) is 6.03. The zero-order chi connectivity index (χ0) is 11.9. The first kappa shape index (κ1) is 11.3. The van der Waals surface area contributed by atoms with Crippen LogP contribution in [-0.2, 0) is 13.0 Å². The molecule has 3 unspecified atom stereocenters. The number of rotatable bonds is 4. The summed E-state index contributed by atoms with van der Waals surface area (Å²) in [5.41, 5.74) is 7.89. The molecule has 0 aromatic carbocycles. The van der Waals surface area contributed by atoms with Crippen molar-refractivity contribution in [2.24, 2.45) is 23.0 Å². The van der Waals surface area contributed by atoms with E-state index in [4.69, 9.17) is 5.73 Å². The highest BCUT2D eigenvalue weighted by Gasteiger charge is 2.49. The van der Waals surface area contributed by atoms with Crippen LogP contribution in [0, 0.1) is 17.3 Å². The summed E-state index contributed by atoms with van der Waals surface area (Å²) in [4.78, 5) is 0. The lowest BCUT2D eigenvalue weighted by Gasteiger charge is -2.36. The number of nitrogens with zero attached hydrogens (tertiary/aromatic N) is 2. The van der Waals surface area contributed by atoms with E-state index in [1.54, 1.807) is 0 Å². The quantitative estimate of drug-likeness (QED) is 0.866. The van der Waals surface area contributed by atoms with Gasteiger partial charge in [0.05, 0.1) is 6.20 Å². The van der Waals surface area contributed by atoms with Gasteiger partial charge in [-0.15, -0.1) is 0 Å². The molecule has 0 aliphatic heterocycles. The fraction of sp³-hybridized carbons (Fsp3) is 0.786. The molecule has 0 amide bonds. The summed E-state index contributed by atoms with van der Waals surface area (Å²) in [7, 11) is 0. The Morgan fingerprint density at radius 2 is 2.41 bits per heavy atom. The summed E-state index contributed by atoms with van der Waals surface area (Å²) in [6.07, 6.45) is 11.0. The van der Waals surface area contributed by atoms with E-state index >= 15 is 0 Å². The Balaban J connectivity index is 1.78. The maximum Gasteiger partial charge on any atom is 0.0521 e.